The summed E-state index contributed by atoms with van der Waals surface area (Å²) < 4.78 is 48.4. The van der Waals surface area contributed by atoms with Gasteiger partial charge in [-0.05, 0) is 89.6 Å². The molecule has 0 heterocycles. The SMILES string of the molecule is COc1ccc2ccc3c(-c4c5ccccc5c(-c5ccc(OC(F)(F)F)cc5)c5ccccc45)ccc4ccc1c2c43. The zero-order valence-electron chi connectivity index (χ0n) is 23.0. The number of benzene rings is 8. The molecule has 8 aromatic carbocycles. The van der Waals surface area contributed by atoms with Gasteiger partial charge in [0.2, 0.25) is 0 Å². The molecule has 0 aliphatic rings. The lowest BCUT2D eigenvalue weighted by molar-refractivity contribution is -0.274. The van der Waals surface area contributed by atoms with Crippen LogP contribution in [0.5, 0.6) is 11.5 Å². The third-order valence-corrected chi connectivity index (χ3v) is 8.42. The molecule has 5 heteroatoms. The summed E-state index contributed by atoms with van der Waals surface area (Å²) in [5.74, 6) is 0.603. The fourth-order valence-electron chi connectivity index (χ4n) is 6.72. The molecule has 0 aromatic heterocycles. The molecule has 0 saturated carbocycles. The Hall–Kier alpha value is -5.29. The maximum atomic E-state index is 12.8. The molecule has 0 amide bonds. The smallest absolute Gasteiger partial charge is 0.496 e. The summed E-state index contributed by atoms with van der Waals surface area (Å²) in [7, 11) is 1.70. The van der Waals surface area contributed by atoms with Gasteiger partial charge in [-0.3, -0.25) is 0 Å². The summed E-state index contributed by atoms with van der Waals surface area (Å²) in [6.07, 6.45) is -4.74. The Bertz CT molecular complexity index is 2280. The molecule has 0 unspecified atom stereocenters. The van der Waals surface area contributed by atoms with Crippen molar-refractivity contribution in [2.24, 2.45) is 0 Å². The lowest BCUT2D eigenvalue weighted by Gasteiger charge is -2.20. The molecule has 0 aliphatic carbocycles. The van der Waals surface area contributed by atoms with Gasteiger partial charge in [0.05, 0.1) is 7.11 Å². The van der Waals surface area contributed by atoms with E-state index in [9.17, 15) is 13.2 Å². The maximum Gasteiger partial charge on any atom is 0.573 e. The molecule has 2 nitrogen and oxygen atoms in total. The van der Waals surface area contributed by atoms with E-state index in [4.69, 9.17) is 4.74 Å². The number of fused-ring (bicyclic) bond motifs is 2. The Balaban J connectivity index is 1.45. The van der Waals surface area contributed by atoms with E-state index >= 15 is 0 Å². The molecule has 0 N–H and O–H groups in total. The van der Waals surface area contributed by atoms with E-state index in [1.165, 1.54) is 22.9 Å². The van der Waals surface area contributed by atoms with Crippen molar-refractivity contribution in [2.45, 2.75) is 6.36 Å². The largest absolute Gasteiger partial charge is 0.573 e. The van der Waals surface area contributed by atoms with Gasteiger partial charge in [-0.25, -0.2) is 0 Å². The molecule has 208 valence electrons. The van der Waals surface area contributed by atoms with Crippen LogP contribution in [0.15, 0.2) is 121 Å². The normalized spacial score (nSPS) is 12.2. The Kier molecular flexibility index (Phi) is 5.54. The van der Waals surface area contributed by atoms with E-state index in [0.29, 0.717) is 0 Å². The number of ether oxygens (including phenoxy) is 2. The van der Waals surface area contributed by atoms with Gasteiger partial charge in [0.25, 0.3) is 0 Å². The Labute approximate surface area is 244 Å². The van der Waals surface area contributed by atoms with E-state index < -0.39 is 6.36 Å². The minimum absolute atomic E-state index is 0.244. The highest BCUT2D eigenvalue weighted by Crippen LogP contribution is 2.48. The number of hydrogen-bond donors (Lipinski definition) is 0. The third-order valence-electron chi connectivity index (χ3n) is 8.42. The fraction of sp³-hybridized carbons (Fsp3) is 0.0526. The van der Waals surface area contributed by atoms with E-state index in [2.05, 4.69) is 71.5 Å². The van der Waals surface area contributed by atoms with Crippen molar-refractivity contribution in [3.05, 3.63) is 121 Å². The predicted molar refractivity (Wildman–Crippen MR) is 169 cm³/mol. The second-order valence-electron chi connectivity index (χ2n) is 10.7. The van der Waals surface area contributed by atoms with Gasteiger partial charge in [0.1, 0.15) is 11.5 Å². The first-order chi connectivity index (χ1) is 20.9. The Morgan fingerprint density at radius 2 is 1.00 bits per heavy atom. The van der Waals surface area contributed by atoms with Crippen LogP contribution in [0.4, 0.5) is 13.2 Å². The summed E-state index contributed by atoms with van der Waals surface area (Å²) in [5.41, 5.74) is 4.03. The predicted octanol–water partition coefficient (Wildman–Crippen LogP) is 11.1. The van der Waals surface area contributed by atoms with Crippen LogP contribution >= 0.6 is 0 Å². The molecule has 8 rings (SSSR count). The fourth-order valence-corrected chi connectivity index (χ4v) is 6.72. The Morgan fingerprint density at radius 1 is 0.488 bits per heavy atom. The minimum atomic E-state index is -4.74. The quantitative estimate of drug-likeness (QED) is 0.155. The number of rotatable bonds is 4. The van der Waals surface area contributed by atoms with Crippen molar-refractivity contribution >= 4 is 53.9 Å². The van der Waals surface area contributed by atoms with Crippen LogP contribution in [0.1, 0.15) is 0 Å². The average Bonchev–Trinajstić information content (AvgIpc) is 3.02. The number of halogens is 3. The van der Waals surface area contributed by atoms with Crippen LogP contribution in [-0.2, 0) is 0 Å². The first-order valence-corrected chi connectivity index (χ1v) is 14.0. The summed E-state index contributed by atoms with van der Waals surface area (Å²) in [6, 6.07) is 39.8. The summed E-state index contributed by atoms with van der Waals surface area (Å²) in [6.45, 7) is 0. The standard InChI is InChI=1S/C38H23F3O2/c1-42-33-21-15-24-12-18-30-31(19-13-23-14-20-32(33)36(24)35(23)30)37-28-8-4-2-6-26(28)34(27-7-3-5-9-29(27)37)22-10-16-25(17-11-22)43-38(39,40)41/h2-21H,1H3. The highest BCUT2D eigenvalue weighted by Gasteiger charge is 2.31. The second-order valence-corrected chi connectivity index (χ2v) is 10.7. The van der Waals surface area contributed by atoms with E-state index in [1.807, 2.05) is 30.3 Å². The highest BCUT2D eigenvalue weighted by atomic mass is 19.4. The van der Waals surface area contributed by atoms with Crippen LogP contribution < -0.4 is 9.47 Å². The Morgan fingerprint density at radius 3 is 1.58 bits per heavy atom. The lowest BCUT2D eigenvalue weighted by Crippen LogP contribution is -2.16. The number of alkyl halides is 3. The molecule has 0 bridgehead atoms. The van der Waals surface area contributed by atoms with Crippen molar-refractivity contribution in [3.8, 4) is 33.8 Å². The molecule has 0 atom stereocenters. The van der Waals surface area contributed by atoms with E-state index in [0.717, 1.165) is 71.1 Å². The van der Waals surface area contributed by atoms with Crippen molar-refractivity contribution in [1.82, 2.24) is 0 Å². The molecule has 43 heavy (non-hydrogen) atoms. The van der Waals surface area contributed by atoms with Gasteiger partial charge in [-0.2, -0.15) is 0 Å². The van der Waals surface area contributed by atoms with Crippen molar-refractivity contribution < 1.29 is 22.6 Å². The van der Waals surface area contributed by atoms with Crippen LogP contribution in [0, 0.1) is 0 Å². The van der Waals surface area contributed by atoms with Crippen LogP contribution in [0.2, 0.25) is 0 Å². The van der Waals surface area contributed by atoms with Gasteiger partial charge >= 0.3 is 6.36 Å². The van der Waals surface area contributed by atoms with Crippen molar-refractivity contribution in [3.63, 3.8) is 0 Å². The van der Waals surface area contributed by atoms with Crippen LogP contribution in [0.25, 0.3) is 76.1 Å². The van der Waals surface area contributed by atoms with Crippen LogP contribution in [-0.4, -0.2) is 13.5 Å². The number of methoxy groups -OCH3 is 1. The molecule has 0 fully saturated rings. The van der Waals surface area contributed by atoms with Gasteiger partial charge in [0.15, 0.2) is 0 Å². The van der Waals surface area contributed by atoms with Gasteiger partial charge in [-0.1, -0.05) is 97.1 Å². The number of hydrogen-bond acceptors (Lipinski definition) is 2. The third kappa shape index (κ3) is 3.96. The molecule has 0 aliphatic heterocycles. The van der Waals surface area contributed by atoms with Gasteiger partial charge in [-0.15, -0.1) is 13.2 Å². The van der Waals surface area contributed by atoms with Crippen molar-refractivity contribution in [2.75, 3.05) is 7.11 Å². The lowest BCUT2D eigenvalue weighted by atomic mass is 9.83. The first-order valence-electron chi connectivity index (χ1n) is 14.0. The molecule has 0 radical (unpaired) electrons. The second kappa shape index (κ2) is 9.36. The minimum Gasteiger partial charge on any atom is -0.496 e. The van der Waals surface area contributed by atoms with E-state index in [1.54, 1.807) is 19.2 Å². The molecule has 8 aromatic rings. The van der Waals surface area contributed by atoms with Crippen LogP contribution in [0.3, 0.4) is 0 Å². The summed E-state index contributed by atoms with van der Waals surface area (Å²) in [4.78, 5) is 0. The first kappa shape index (κ1) is 25.4. The topological polar surface area (TPSA) is 18.5 Å². The van der Waals surface area contributed by atoms with E-state index in [-0.39, 0.29) is 5.75 Å². The highest BCUT2D eigenvalue weighted by molar-refractivity contribution is 6.29. The molecule has 0 saturated heterocycles. The summed E-state index contributed by atoms with van der Waals surface area (Å²) >= 11 is 0. The molecular weight excluding hydrogens is 545 g/mol. The van der Waals surface area contributed by atoms with Gasteiger partial charge < -0.3 is 9.47 Å². The zero-order chi connectivity index (χ0) is 29.3. The monoisotopic (exact) mass is 568 g/mol. The average molecular weight is 569 g/mol. The maximum absolute atomic E-state index is 12.8. The summed E-state index contributed by atoms with van der Waals surface area (Å²) in [5, 5.41) is 11.1. The molecular formula is C38H23F3O2. The molecule has 0 spiro atoms. The zero-order valence-corrected chi connectivity index (χ0v) is 23.0. The van der Waals surface area contributed by atoms with Crippen molar-refractivity contribution in [1.29, 1.82) is 0 Å². The van der Waals surface area contributed by atoms with Gasteiger partial charge in [0, 0.05) is 10.8 Å².